The molecule has 0 aliphatic carbocycles. The van der Waals surface area contributed by atoms with E-state index in [2.05, 4.69) is 23.8 Å². The lowest BCUT2D eigenvalue weighted by Gasteiger charge is -2.01. The number of allylic oxidation sites excluding steroid dienone is 1. The first-order chi connectivity index (χ1) is 8.08. The van der Waals surface area contributed by atoms with Gasteiger partial charge in [0, 0.05) is 6.54 Å². The largest absolute Gasteiger partial charge is 0.405 e. The third-order valence-corrected chi connectivity index (χ3v) is 1.86. The first-order valence-electron chi connectivity index (χ1n) is 5.74. The Labute approximate surface area is 105 Å². The fraction of sp³-hybridized carbons (Fsp3) is 0.583. The second kappa shape index (κ2) is 14.5. The van der Waals surface area contributed by atoms with Crippen molar-refractivity contribution in [3.63, 3.8) is 0 Å². The molecule has 17 heavy (non-hydrogen) atoms. The highest BCUT2D eigenvalue weighted by molar-refractivity contribution is 5.71. The van der Waals surface area contributed by atoms with Gasteiger partial charge in [0.25, 0.3) is 0 Å². The van der Waals surface area contributed by atoms with Gasteiger partial charge in [-0.05, 0) is 52.2 Å². The molecule has 0 unspecified atom stereocenters. The van der Waals surface area contributed by atoms with Crippen molar-refractivity contribution in [2.45, 2.75) is 19.8 Å². The summed E-state index contributed by atoms with van der Waals surface area (Å²) >= 11 is 0. The van der Waals surface area contributed by atoms with E-state index in [4.69, 9.17) is 11.5 Å². The van der Waals surface area contributed by atoms with Crippen molar-refractivity contribution < 1.29 is 4.79 Å². The summed E-state index contributed by atoms with van der Waals surface area (Å²) in [6, 6.07) is -0.539. The average Bonchev–Trinajstić information content (AvgIpc) is 2.71. The maximum absolute atomic E-state index is 9.91. The number of hydrogen-bond donors (Lipinski definition) is 3. The van der Waals surface area contributed by atoms with Crippen molar-refractivity contribution in [1.82, 2.24) is 10.2 Å². The van der Waals surface area contributed by atoms with Crippen LogP contribution in [0.3, 0.4) is 0 Å². The van der Waals surface area contributed by atoms with Gasteiger partial charge >= 0.3 is 6.03 Å². The van der Waals surface area contributed by atoms with Crippen LogP contribution in [0.25, 0.3) is 0 Å². The van der Waals surface area contributed by atoms with Gasteiger partial charge in [0.1, 0.15) is 0 Å². The Balaban J connectivity index is 0. The molecular weight excluding hydrogens is 216 g/mol. The Morgan fingerprint density at radius 2 is 1.94 bits per heavy atom. The maximum Gasteiger partial charge on any atom is 0.312 e. The second-order valence-electron chi connectivity index (χ2n) is 3.59. The van der Waals surface area contributed by atoms with Crippen molar-refractivity contribution in [2.75, 3.05) is 26.7 Å². The Bertz CT molecular complexity index is 211. The van der Waals surface area contributed by atoms with Gasteiger partial charge in [0.15, 0.2) is 0 Å². The zero-order valence-corrected chi connectivity index (χ0v) is 11.0. The molecule has 100 valence electrons. The van der Waals surface area contributed by atoms with E-state index in [0.29, 0.717) is 6.54 Å². The Kier molecular flexibility index (Phi) is 15.3. The molecule has 0 spiro atoms. The summed E-state index contributed by atoms with van der Waals surface area (Å²) in [5.74, 6) is 0. The van der Waals surface area contributed by atoms with E-state index in [0.717, 1.165) is 0 Å². The van der Waals surface area contributed by atoms with Gasteiger partial charge in [0.2, 0.25) is 0 Å². The van der Waals surface area contributed by atoms with E-state index in [-0.39, 0.29) is 0 Å². The van der Waals surface area contributed by atoms with Crippen LogP contribution in [-0.2, 0) is 0 Å². The molecule has 1 heterocycles. The lowest BCUT2D eigenvalue weighted by molar-refractivity contribution is 0.250. The topological polar surface area (TPSA) is 84.4 Å². The minimum absolute atomic E-state index is 0.395. The van der Waals surface area contributed by atoms with Crippen LogP contribution in [0.4, 0.5) is 4.79 Å². The van der Waals surface area contributed by atoms with Crippen molar-refractivity contribution in [3.05, 3.63) is 24.9 Å². The van der Waals surface area contributed by atoms with Crippen molar-refractivity contribution >= 4 is 6.03 Å². The van der Waals surface area contributed by atoms with Gasteiger partial charge in [-0.3, -0.25) is 0 Å². The standard InChI is InChI=1S/C5H11N.C4H9N3O.C3H6/c1-6-4-2-3-5-6;5-2-1-3-7-4(6)8;1-3-2/h2-5H2,1H3;1-2H,3,5H2,(H3,6,7,8);3H,1H2,2H3/b;2-1+;. The lowest BCUT2D eigenvalue weighted by atomic mass is 10.4. The van der Waals surface area contributed by atoms with Crippen LogP contribution in [0.2, 0.25) is 0 Å². The molecule has 2 amide bonds. The maximum atomic E-state index is 9.91. The molecular formula is C12H26N4O. The summed E-state index contributed by atoms with van der Waals surface area (Å²) in [4.78, 5) is 12.3. The fourth-order valence-corrected chi connectivity index (χ4v) is 1.10. The monoisotopic (exact) mass is 242 g/mol. The van der Waals surface area contributed by atoms with Crippen LogP contribution >= 0.6 is 0 Å². The van der Waals surface area contributed by atoms with Crippen molar-refractivity contribution in [2.24, 2.45) is 11.5 Å². The zero-order valence-electron chi connectivity index (χ0n) is 11.0. The molecule has 5 N–H and O–H groups in total. The Morgan fingerprint density at radius 1 is 1.47 bits per heavy atom. The molecule has 0 aromatic rings. The number of nitrogens with one attached hydrogen (secondary N) is 1. The number of nitrogens with two attached hydrogens (primary N) is 2. The first kappa shape index (κ1) is 17.9. The Hall–Kier alpha value is -1.49. The summed E-state index contributed by atoms with van der Waals surface area (Å²) in [5.41, 5.74) is 9.65. The van der Waals surface area contributed by atoms with Crippen LogP contribution in [0.5, 0.6) is 0 Å². The predicted molar refractivity (Wildman–Crippen MR) is 73.5 cm³/mol. The highest BCUT2D eigenvalue weighted by Gasteiger charge is 2.03. The second-order valence-corrected chi connectivity index (χ2v) is 3.59. The van der Waals surface area contributed by atoms with Crippen LogP contribution in [-0.4, -0.2) is 37.6 Å². The summed E-state index contributed by atoms with van der Waals surface area (Å²) in [6.07, 6.45) is 7.51. The quantitative estimate of drug-likeness (QED) is 0.632. The molecule has 0 aromatic heterocycles. The molecule has 0 saturated carbocycles. The average molecular weight is 242 g/mol. The number of carbonyl (C=O) groups is 1. The van der Waals surface area contributed by atoms with Crippen LogP contribution in [0.15, 0.2) is 24.9 Å². The number of primary amides is 1. The number of hydrogen-bond acceptors (Lipinski definition) is 3. The van der Waals surface area contributed by atoms with Gasteiger partial charge in [-0.2, -0.15) is 0 Å². The van der Waals surface area contributed by atoms with E-state index >= 15 is 0 Å². The van der Waals surface area contributed by atoms with Gasteiger partial charge in [-0.25, -0.2) is 4.79 Å². The molecule has 1 fully saturated rings. The molecule has 1 rings (SSSR count). The van der Waals surface area contributed by atoms with E-state index < -0.39 is 6.03 Å². The van der Waals surface area contributed by atoms with Gasteiger partial charge in [0.05, 0.1) is 0 Å². The Morgan fingerprint density at radius 3 is 2.18 bits per heavy atom. The minimum atomic E-state index is -0.539. The molecule has 0 bridgehead atoms. The van der Waals surface area contributed by atoms with Crippen molar-refractivity contribution in [3.8, 4) is 0 Å². The number of nitrogens with zero attached hydrogens (tertiary/aromatic N) is 1. The van der Waals surface area contributed by atoms with Gasteiger partial charge in [-0.15, -0.1) is 6.58 Å². The molecule has 1 aliphatic heterocycles. The van der Waals surface area contributed by atoms with E-state index in [1.807, 2.05) is 6.92 Å². The first-order valence-corrected chi connectivity index (χ1v) is 5.74. The summed E-state index contributed by atoms with van der Waals surface area (Å²) in [7, 11) is 2.17. The van der Waals surface area contributed by atoms with Gasteiger partial charge < -0.3 is 21.7 Å². The SMILES string of the molecule is C=CC.CN1CCCC1.N/C=C/CNC(N)=O. The summed E-state index contributed by atoms with van der Waals surface area (Å²) in [5, 5.41) is 2.32. The number of carbonyl (C=O) groups excluding carboxylic acids is 1. The zero-order chi connectivity index (χ0) is 13.5. The number of likely N-dealkylation sites (tertiary alicyclic amines) is 1. The normalized spacial score (nSPS) is 14.2. The molecule has 1 aliphatic rings. The minimum Gasteiger partial charge on any atom is -0.405 e. The van der Waals surface area contributed by atoms with Crippen LogP contribution < -0.4 is 16.8 Å². The van der Waals surface area contributed by atoms with Crippen LogP contribution in [0.1, 0.15) is 19.8 Å². The van der Waals surface area contributed by atoms with Crippen LogP contribution in [0, 0.1) is 0 Å². The molecule has 5 heteroatoms. The summed E-state index contributed by atoms with van der Waals surface area (Å²) < 4.78 is 0. The third-order valence-electron chi connectivity index (χ3n) is 1.86. The smallest absolute Gasteiger partial charge is 0.312 e. The number of urea groups is 1. The molecule has 5 nitrogen and oxygen atoms in total. The number of amides is 2. The highest BCUT2D eigenvalue weighted by atomic mass is 16.2. The van der Waals surface area contributed by atoms with Gasteiger partial charge in [-0.1, -0.05) is 6.08 Å². The van der Waals surface area contributed by atoms with Crippen molar-refractivity contribution in [1.29, 1.82) is 0 Å². The third kappa shape index (κ3) is 20.6. The number of rotatable bonds is 2. The molecule has 1 saturated heterocycles. The molecule has 0 atom stereocenters. The fourth-order valence-electron chi connectivity index (χ4n) is 1.10. The summed E-state index contributed by atoms with van der Waals surface area (Å²) in [6.45, 7) is 8.28. The van der Waals surface area contributed by atoms with E-state index in [1.54, 1.807) is 12.2 Å². The van der Waals surface area contributed by atoms with E-state index in [1.165, 1.54) is 32.1 Å². The highest BCUT2D eigenvalue weighted by Crippen LogP contribution is 2.02. The molecule has 0 aromatic carbocycles. The molecule has 0 radical (unpaired) electrons. The predicted octanol–water partition coefficient (Wildman–Crippen LogP) is 1.03. The van der Waals surface area contributed by atoms with E-state index in [9.17, 15) is 4.79 Å². The lowest BCUT2D eigenvalue weighted by Crippen LogP contribution is -2.29.